The molecule has 0 aliphatic heterocycles. The minimum absolute atomic E-state index is 0.219. The van der Waals surface area contributed by atoms with Gasteiger partial charge < -0.3 is 15.0 Å². The summed E-state index contributed by atoms with van der Waals surface area (Å²) in [7, 11) is 1.01. The first-order valence-corrected chi connectivity index (χ1v) is 7.87. The quantitative estimate of drug-likeness (QED) is 0.506. The number of ether oxygens (including phenoxy) is 1. The van der Waals surface area contributed by atoms with Crippen molar-refractivity contribution in [3.63, 3.8) is 0 Å². The van der Waals surface area contributed by atoms with Crippen molar-refractivity contribution < 1.29 is 27.1 Å². The molecule has 1 aromatic carbocycles. The molecule has 0 amide bonds. The summed E-state index contributed by atoms with van der Waals surface area (Å²) in [6, 6.07) is 2.28. The van der Waals surface area contributed by atoms with Gasteiger partial charge in [0.05, 0.1) is 34.1 Å². The summed E-state index contributed by atoms with van der Waals surface area (Å²) in [4.78, 5) is 11.9. The van der Waals surface area contributed by atoms with Gasteiger partial charge in [-0.15, -0.1) is 0 Å². The van der Waals surface area contributed by atoms with Gasteiger partial charge in [0.1, 0.15) is 11.9 Å². The van der Waals surface area contributed by atoms with Crippen LogP contribution in [0.3, 0.4) is 0 Å². The number of anilines is 1. The molecule has 132 valence electrons. The van der Waals surface area contributed by atoms with E-state index < -0.39 is 43.9 Å². The molecule has 0 aliphatic rings. The maximum absolute atomic E-state index is 14.4. The van der Waals surface area contributed by atoms with Crippen LogP contribution < -0.4 is 5.73 Å². The molecule has 0 saturated carbocycles. The summed E-state index contributed by atoms with van der Waals surface area (Å²) < 4.78 is 58.3. The zero-order valence-electron chi connectivity index (χ0n) is 12.2. The molecule has 2 aromatic rings. The molecule has 0 radical (unpaired) electrons. The highest BCUT2D eigenvalue weighted by atomic mass is 79.9. The van der Waals surface area contributed by atoms with E-state index in [-0.39, 0.29) is 11.3 Å². The Morgan fingerprint density at radius 3 is 2.48 bits per heavy atom. The van der Waals surface area contributed by atoms with Gasteiger partial charge in [0.15, 0.2) is 5.69 Å². The second-order valence-electron chi connectivity index (χ2n) is 4.65. The summed E-state index contributed by atoms with van der Waals surface area (Å²) in [6.45, 7) is 0. The number of carbonyl (C=O) groups excluding carboxylic acids is 1. The van der Waals surface area contributed by atoms with E-state index in [9.17, 15) is 22.4 Å². The van der Waals surface area contributed by atoms with Crippen molar-refractivity contribution in [2.75, 3.05) is 12.8 Å². The van der Waals surface area contributed by atoms with Crippen molar-refractivity contribution in [3.05, 3.63) is 43.8 Å². The number of nitrogen functional groups attached to an aromatic ring is 1. The number of esters is 1. The fourth-order valence-corrected chi connectivity index (χ4v) is 3.86. The molecule has 1 heterocycles. The first-order valence-electron chi connectivity index (χ1n) is 6.28. The van der Waals surface area contributed by atoms with Gasteiger partial charge in [-0.05, 0) is 22.0 Å². The topological polar surface area (TPSA) is 81.0 Å². The minimum Gasteiger partial charge on any atom is -0.464 e. The van der Waals surface area contributed by atoms with Gasteiger partial charge in [0.2, 0.25) is 0 Å². The van der Waals surface area contributed by atoms with Gasteiger partial charge in [-0.1, -0.05) is 15.9 Å². The fraction of sp³-hybridized carbons (Fsp3) is 0.143. The van der Waals surface area contributed by atoms with Gasteiger partial charge >= 0.3 is 12.1 Å². The third-order valence-electron chi connectivity index (χ3n) is 3.21. The van der Waals surface area contributed by atoms with Crippen LogP contribution in [0.1, 0.15) is 21.6 Å². The molecule has 0 aliphatic carbocycles. The zero-order chi connectivity index (χ0) is 19.1. The standard InChI is InChI=1S/C14H7Br2F4N3O2/c1-25-13(24)12-10(22)5(3-21)4-23(12)11-7(17)2-6(15)8(9(11)16)14(18,19)20/h2,4H,22H2,1H3. The van der Waals surface area contributed by atoms with Crippen molar-refractivity contribution in [3.8, 4) is 11.8 Å². The molecule has 0 unspecified atom stereocenters. The molecule has 5 nitrogen and oxygen atoms in total. The van der Waals surface area contributed by atoms with Crippen molar-refractivity contribution in [1.82, 2.24) is 4.57 Å². The Balaban J connectivity index is 2.94. The number of halogens is 6. The van der Waals surface area contributed by atoms with Crippen LogP contribution in [0.2, 0.25) is 0 Å². The van der Waals surface area contributed by atoms with Crippen LogP contribution in [0, 0.1) is 17.1 Å². The Labute approximate surface area is 155 Å². The van der Waals surface area contributed by atoms with Crippen molar-refractivity contribution in [2.45, 2.75) is 6.18 Å². The molecule has 0 fully saturated rings. The van der Waals surface area contributed by atoms with Crippen LogP contribution in [0.25, 0.3) is 5.69 Å². The Kier molecular flexibility index (Phi) is 5.15. The number of nitrogens with two attached hydrogens (primary N) is 1. The van der Waals surface area contributed by atoms with Crippen LogP contribution in [-0.4, -0.2) is 17.6 Å². The third-order valence-corrected chi connectivity index (χ3v) is 4.61. The summed E-state index contributed by atoms with van der Waals surface area (Å²) in [5.41, 5.74) is 2.83. The molecule has 2 rings (SSSR count). The Morgan fingerprint density at radius 2 is 2.00 bits per heavy atom. The highest BCUT2D eigenvalue weighted by molar-refractivity contribution is 9.11. The lowest BCUT2D eigenvalue weighted by molar-refractivity contribution is -0.138. The van der Waals surface area contributed by atoms with E-state index in [1.807, 2.05) is 0 Å². The predicted octanol–water partition coefficient (Wildman–Crippen LogP) is 4.40. The third kappa shape index (κ3) is 3.23. The molecule has 0 atom stereocenters. The number of carbonyl (C=O) groups is 1. The summed E-state index contributed by atoms with van der Waals surface area (Å²) >= 11 is 5.40. The molecular formula is C14H7Br2F4N3O2. The Morgan fingerprint density at radius 1 is 1.40 bits per heavy atom. The van der Waals surface area contributed by atoms with E-state index in [0.29, 0.717) is 6.07 Å². The van der Waals surface area contributed by atoms with E-state index in [0.717, 1.165) is 17.9 Å². The van der Waals surface area contributed by atoms with Crippen LogP contribution in [0.15, 0.2) is 21.2 Å². The number of nitrogens with zero attached hydrogens (tertiary/aromatic N) is 2. The lowest BCUT2D eigenvalue weighted by Crippen LogP contribution is -2.15. The number of rotatable bonds is 2. The number of methoxy groups -OCH3 is 1. The van der Waals surface area contributed by atoms with Crippen LogP contribution in [-0.2, 0) is 10.9 Å². The van der Waals surface area contributed by atoms with Crippen LogP contribution in [0.4, 0.5) is 23.2 Å². The maximum atomic E-state index is 14.4. The predicted molar refractivity (Wildman–Crippen MR) is 86.6 cm³/mol. The fourth-order valence-electron chi connectivity index (χ4n) is 2.15. The Hall–Kier alpha value is -2.06. The average Bonchev–Trinajstić information content (AvgIpc) is 2.81. The molecule has 0 bridgehead atoms. The SMILES string of the molecule is COC(=O)c1c(N)c(C#N)cn1-c1c(F)cc(Br)c(C(F)(F)F)c1Br. The smallest absolute Gasteiger partial charge is 0.418 e. The molecular weight excluding hydrogens is 478 g/mol. The molecule has 25 heavy (non-hydrogen) atoms. The number of nitriles is 1. The summed E-state index contributed by atoms with van der Waals surface area (Å²) in [6.07, 6.45) is -3.86. The second kappa shape index (κ2) is 6.68. The molecule has 11 heteroatoms. The van der Waals surface area contributed by atoms with Gasteiger partial charge in [-0.2, -0.15) is 18.4 Å². The van der Waals surface area contributed by atoms with Gasteiger partial charge in [0, 0.05) is 10.7 Å². The number of benzene rings is 1. The number of alkyl halides is 3. The normalized spacial score (nSPS) is 11.3. The van der Waals surface area contributed by atoms with E-state index in [1.54, 1.807) is 6.07 Å². The molecule has 0 spiro atoms. The number of hydrogen-bond acceptors (Lipinski definition) is 4. The highest BCUT2D eigenvalue weighted by Crippen LogP contribution is 2.44. The number of hydrogen-bond donors (Lipinski definition) is 1. The lowest BCUT2D eigenvalue weighted by Gasteiger charge is -2.17. The molecule has 2 N–H and O–H groups in total. The van der Waals surface area contributed by atoms with E-state index >= 15 is 0 Å². The van der Waals surface area contributed by atoms with Crippen LogP contribution >= 0.6 is 31.9 Å². The number of aromatic nitrogens is 1. The van der Waals surface area contributed by atoms with E-state index in [1.165, 1.54) is 0 Å². The van der Waals surface area contributed by atoms with Gasteiger partial charge in [-0.3, -0.25) is 0 Å². The monoisotopic (exact) mass is 483 g/mol. The molecule has 0 saturated heterocycles. The Bertz CT molecular complexity index is 917. The summed E-state index contributed by atoms with van der Waals surface area (Å²) in [5, 5.41) is 9.04. The summed E-state index contributed by atoms with van der Waals surface area (Å²) in [5.74, 6) is -2.13. The average molecular weight is 485 g/mol. The van der Waals surface area contributed by atoms with Crippen molar-refractivity contribution in [1.29, 1.82) is 5.26 Å². The van der Waals surface area contributed by atoms with E-state index in [4.69, 9.17) is 11.0 Å². The maximum Gasteiger partial charge on any atom is 0.418 e. The highest BCUT2D eigenvalue weighted by Gasteiger charge is 2.38. The first-order chi connectivity index (χ1) is 11.5. The van der Waals surface area contributed by atoms with Crippen LogP contribution in [0.5, 0.6) is 0 Å². The molecule has 1 aromatic heterocycles. The minimum atomic E-state index is -4.82. The van der Waals surface area contributed by atoms with E-state index in [2.05, 4.69) is 36.6 Å². The largest absolute Gasteiger partial charge is 0.464 e. The first kappa shape index (κ1) is 19.3. The van der Waals surface area contributed by atoms with Crippen molar-refractivity contribution in [2.24, 2.45) is 0 Å². The van der Waals surface area contributed by atoms with Crippen molar-refractivity contribution >= 4 is 43.5 Å². The lowest BCUT2D eigenvalue weighted by atomic mass is 10.1. The van der Waals surface area contributed by atoms with Gasteiger partial charge in [0.25, 0.3) is 0 Å². The van der Waals surface area contributed by atoms with Gasteiger partial charge in [-0.25, -0.2) is 9.18 Å². The second-order valence-corrected chi connectivity index (χ2v) is 6.30. The zero-order valence-corrected chi connectivity index (χ0v) is 15.4.